The van der Waals surface area contributed by atoms with Gasteiger partial charge in [0.05, 0.1) is 12.2 Å². The van der Waals surface area contributed by atoms with E-state index in [-0.39, 0.29) is 5.91 Å². The van der Waals surface area contributed by atoms with E-state index in [1.54, 1.807) is 24.5 Å². The van der Waals surface area contributed by atoms with Gasteiger partial charge < -0.3 is 9.64 Å². The van der Waals surface area contributed by atoms with Crippen LogP contribution in [-0.4, -0.2) is 41.1 Å². The number of hydrogen-bond acceptors (Lipinski definition) is 3. The van der Waals surface area contributed by atoms with Gasteiger partial charge in [-0.05, 0) is 31.9 Å². The summed E-state index contributed by atoms with van der Waals surface area (Å²) in [6.45, 7) is 3.75. The summed E-state index contributed by atoms with van der Waals surface area (Å²) in [5, 5.41) is 0. The number of fused-ring (bicyclic) bond motifs is 1. The molecule has 3 rings (SSSR count). The van der Waals surface area contributed by atoms with Gasteiger partial charge in [0.1, 0.15) is 0 Å². The van der Waals surface area contributed by atoms with Crippen LogP contribution in [0.5, 0.6) is 0 Å². The van der Waals surface area contributed by atoms with Crippen LogP contribution in [0.2, 0.25) is 0 Å². The fraction of sp³-hybridized carbons (Fsp3) is 0.571. The molecular weight excluding hydrogens is 228 g/mol. The van der Waals surface area contributed by atoms with E-state index in [1.807, 2.05) is 4.90 Å². The lowest BCUT2D eigenvalue weighted by Crippen LogP contribution is -2.44. The third-order valence-electron chi connectivity index (χ3n) is 3.92. The topological polar surface area (TPSA) is 42.4 Å². The van der Waals surface area contributed by atoms with E-state index in [0.717, 1.165) is 31.5 Å². The molecule has 2 aliphatic rings. The van der Waals surface area contributed by atoms with Crippen molar-refractivity contribution >= 4 is 5.91 Å². The van der Waals surface area contributed by atoms with Crippen LogP contribution in [-0.2, 0) is 4.74 Å². The Morgan fingerprint density at radius 2 is 2.22 bits per heavy atom. The van der Waals surface area contributed by atoms with Crippen molar-refractivity contribution in [3.8, 4) is 0 Å². The predicted octanol–water partition coefficient (Wildman–Crippen LogP) is 1.72. The largest absolute Gasteiger partial charge is 0.375 e. The van der Waals surface area contributed by atoms with Crippen LogP contribution in [0.15, 0.2) is 24.5 Å². The van der Waals surface area contributed by atoms with Gasteiger partial charge in [-0.15, -0.1) is 0 Å². The number of aromatic nitrogens is 1. The molecule has 4 heteroatoms. The summed E-state index contributed by atoms with van der Waals surface area (Å²) in [4.78, 5) is 18.2. The standard InChI is InChI=1S/C14H18N2O2/c1-10-8-12-9-16(7-4-13(12)18-10)14(17)11-2-5-15-6-3-11/h2-3,5-6,10,12-13H,4,7-9H2,1H3/t10-,12-,13-/m1/s1. The molecule has 4 nitrogen and oxygen atoms in total. The third kappa shape index (κ3) is 2.12. The highest BCUT2D eigenvalue weighted by atomic mass is 16.5. The monoisotopic (exact) mass is 246 g/mol. The second-order valence-corrected chi connectivity index (χ2v) is 5.26. The number of rotatable bonds is 1. The molecule has 96 valence electrons. The van der Waals surface area contributed by atoms with Crippen molar-refractivity contribution in [2.45, 2.75) is 32.0 Å². The number of ether oxygens (including phenoxy) is 1. The van der Waals surface area contributed by atoms with E-state index in [4.69, 9.17) is 4.74 Å². The Morgan fingerprint density at radius 3 is 3.00 bits per heavy atom. The number of piperidine rings is 1. The summed E-state index contributed by atoms with van der Waals surface area (Å²) in [5.74, 6) is 0.634. The summed E-state index contributed by atoms with van der Waals surface area (Å²) in [5.41, 5.74) is 0.732. The third-order valence-corrected chi connectivity index (χ3v) is 3.92. The predicted molar refractivity (Wildman–Crippen MR) is 67.2 cm³/mol. The lowest BCUT2D eigenvalue weighted by atomic mass is 9.92. The first-order valence-corrected chi connectivity index (χ1v) is 6.59. The van der Waals surface area contributed by atoms with Crippen molar-refractivity contribution in [1.82, 2.24) is 9.88 Å². The number of likely N-dealkylation sites (tertiary alicyclic amines) is 1. The Hall–Kier alpha value is -1.42. The van der Waals surface area contributed by atoms with Gasteiger partial charge in [0.25, 0.3) is 5.91 Å². The number of amides is 1. The summed E-state index contributed by atoms with van der Waals surface area (Å²) >= 11 is 0. The smallest absolute Gasteiger partial charge is 0.253 e. The molecule has 2 fully saturated rings. The van der Waals surface area contributed by atoms with Crippen LogP contribution in [0, 0.1) is 5.92 Å². The zero-order chi connectivity index (χ0) is 12.5. The number of hydrogen-bond donors (Lipinski definition) is 0. The molecule has 0 radical (unpaired) electrons. The molecular formula is C14H18N2O2. The lowest BCUT2D eigenvalue weighted by Gasteiger charge is -2.34. The molecule has 0 spiro atoms. The molecule has 0 bridgehead atoms. The molecule has 2 aliphatic heterocycles. The van der Waals surface area contributed by atoms with Crippen LogP contribution in [0.1, 0.15) is 30.1 Å². The maximum absolute atomic E-state index is 12.3. The maximum Gasteiger partial charge on any atom is 0.253 e. The first kappa shape index (κ1) is 11.7. The van der Waals surface area contributed by atoms with E-state index >= 15 is 0 Å². The molecule has 2 saturated heterocycles. The Balaban J connectivity index is 1.70. The van der Waals surface area contributed by atoms with Gasteiger partial charge in [0.2, 0.25) is 0 Å². The number of carbonyl (C=O) groups is 1. The number of nitrogens with zero attached hydrogens (tertiary/aromatic N) is 2. The van der Waals surface area contributed by atoms with Crippen molar-refractivity contribution in [2.75, 3.05) is 13.1 Å². The van der Waals surface area contributed by atoms with Crippen LogP contribution in [0.25, 0.3) is 0 Å². The normalized spacial score (nSPS) is 31.2. The minimum atomic E-state index is 0.121. The Morgan fingerprint density at radius 1 is 1.44 bits per heavy atom. The molecule has 18 heavy (non-hydrogen) atoms. The minimum Gasteiger partial charge on any atom is -0.375 e. The zero-order valence-corrected chi connectivity index (χ0v) is 10.6. The molecule has 1 aromatic rings. The van der Waals surface area contributed by atoms with Crippen LogP contribution in [0.4, 0.5) is 0 Å². The summed E-state index contributed by atoms with van der Waals surface area (Å²) in [6.07, 6.45) is 6.08. The quantitative estimate of drug-likeness (QED) is 0.757. The summed E-state index contributed by atoms with van der Waals surface area (Å²) < 4.78 is 5.85. The first-order chi connectivity index (χ1) is 8.74. The molecule has 3 atom stereocenters. The highest BCUT2D eigenvalue weighted by Gasteiger charge is 2.38. The van der Waals surface area contributed by atoms with Gasteiger partial charge in [-0.25, -0.2) is 0 Å². The fourth-order valence-corrected chi connectivity index (χ4v) is 3.06. The van der Waals surface area contributed by atoms with Crippen LogP contribution < -0.4 is 0 Å². The van der Waals surface area contributed by atoms with Crippen molar-refractivity contribution in [1.29, 1.82) is 0 Å². The Kier molecular flexibility index (Phi) is 3.04. The number of carbonyl (C=O) groups excluding carboxylic acids is 1. The van der Waals surface area contributed by atoms with Gasteiger partial charge >= 0.3 is 0 Å². The van der Waals surface area contributed by atoms with E-state index in [2.05, 4.69) is 11.9 Å². The molecule has 0 unspecified atom stereocenters. The van der Waals surface area contributed by atoms with Gasteiger partial charge in [-0.3, -0.25) is 9.78 Å². The van der Waals surface area contributed by atoms with Crippen LogP contribution >= 0.6 is 0 Å². The average molecular weight is 246 g/mol. The molecule has 0 aliphatic carbocycles. The van der Waals surface area contributed by atoms with Crippen molar-refractivity contribution in [2.24, 2.45) is 5.92 Å². The van der Waals surface area contributed by atoms with Crippen LogP contribution in [0.3, 0.4) is 0 Å². The van der Waals surface area contributed by atoms with Crippen molar-refractivity contribution < 1.29 is 9.53 Å². The highest BCUT2D eigenvalue weighted by molar-refractivity contribution is 5.94. The lowest BCUT2D eigenvalue weighted by molar-refractivity contribution is 0.00865. The Bertz CT molecular complexity index is 435. The zero-order valence-electron chi connectivity index (χ0n) is 10.6. The molecule has 0 N–H and O–H groups in total. The Labute approximate surface area is 107 Å². The number of pyridine rings is 1. The van der Waals surface area contributed by atoms with Gasteiger partial charge in [-0.1, -0.05) is 0 Å². The molecule has 0 aromatic carbocycles. The van der Waals surface area contributed by atoms with Crippen molar-refractivity contribution in [3.05, 3.63) is 30.1 Å². The second kappa shape index (κ2) is 4.69. The van der Waals surface area contributed by atoms with Gasteiger partial charge in [0, 0.05) is 37.0 Å². The first-order valence-electron chi connectivity index (χ1n) is 6.59. The molecule has 1 aromatic heterocycles. The molecule has 3 heterocycles. The average Bonchev–Trinajstić information content (AvgIpc) is 2.78. The summed E-state index contributed by atoms with van der Waals surface area (Å²) in [7, 11) is 0. The van der Waals surface area contributed by atoms with Gasteiger partial charge in [0.15, 0.2) is 0 Å². The summed E-state index contributed by atoms with van der Waals surface area (Å²) in [6, 6.07) is 3.56. The molecule has 0 saturated carbocycles. The van der Waals surface area contributed by atoms with Gasteiger partial charge in [-0.2, -0.15) is 0 Å². The maximum atomic E-state index is 12.3. The van der Waals surface area contributed by atoms with E-state index in [0.29, 0.717) is 18.1 Å². The minimum absolute atomic E-state index is 0.121. The van der Waals surface area contributed by atoms with Crippen molar-refractivity contribution in [3.63, 3.8) is 0 Å². The van der Waals surface area contributed by atoms with E-state index in [9.17, 15) is 4.79 Å². The van der Waals surface area contributed by atoms with E-state index in [1.165, 1.54) is 0 Å². The highest BCUT2D eigenvalue weighted by Crippen LogP contribution is 2.32. The molecule has 1 amide bonds. The fourth-order valence-electron chi connectivity index (χ4n) is 3.06. The van der Waals surface area contributed by atoms with E-state index < -0.39 is 0 Å². The second-order valence-electron chi connectivity index (χ2n) is 5.26. The SMILES string of the molecule is C[C@@H]1C[C@@H]2CN(C(=O)c3ccncc3)CC[C@H]2O1.